The molecule has 0 radical (unpaired) electrons. The van der Waals surface area contributed by atoms with Gasteiger partial charge in [0.2, 0.25) is 14.9 Å². The number of furan rings is 1. The van der Waals surface area contributed by atoms with Crippen LogP contribution in [0.15, 0.2) is 85.6 Å². The summed E-state index contributed by atoms with van der Waals surface area (Å²) in [5.41, 5.74) is 1.07. The molecule has 6 nitrogen and oxygen atoms in total. The molecule has 0 saturated heterocycles. The zero-order valence-corrected chi connectivity index (χ0v) is 18.4. The average Bonchev–Trinajstić information content (AvgIpc) is 3.20. The molecule has 2 aromatic carbocycles. The molecular formula is C21H21BrN2O4S. The SMILES string of the molecule is CN(C)C(CNC(=O)c1ccc(S(=O)(=O)c2ccc(Br)cc2)o1)c1ccccc1. The van der Waals surface area contributed by atoms with Gasteiger partial charge in [0.25, 0.3) is 5.91 Å². The van der Waals surface area contributed by atoms with E-state index in [0.717, 1.165) is 10.0 Å². The summed E-state index contributed by atoms with van der Waals surface area (Å²) in [5, 5.41) is 2.55. The van der Waals surface area contributed by atoms with E-state index in [-0.39, 0.29) is 21.8 Å². The van der Waals surface area contributed by atoms with Crippen LogP contribution in [0.1, 0.15) is 22.2 Å². The highest BCUT2D eigenvalue weighted by Gasteiger charge is 2.24. The molecule has 1 atom stereocenters. The predicted molar refractivity (Wildman–Crippen MR) is 114 cm³/mol. The number of sulfone groups is 1. The van der Waals surface area contributed by atoms with E-state index in [0.29, 0.717) is 6.54 Å². The van der Waals surface area contributed by atoms with Gasteiger partial charge in [-0.25, -0.2) is 8.42 Å². The average molecular weight is 477 g/mol. The molecule has 0 fully saturated rings. The Kier molecular flexibility index (Phi) is 6.56. The summed E-state index contributed by atoms with van der Waals surface area (Å²) >= 11 is 3.27. The Morgan fingerprint density at radius 2 is 1.69 bits per heavy atom. The maximum absolute atomic E-state index is 12.7. The molecule has 0 aliphatic carbocycles. The monoisotopic (exact) mass is 476 g/mol. The Hall–Kier alpha value is -2.42. The normalized spacial score (nSPS) is 12.7. The molecule has 0 bridgehead atoms. The largest absolute Gasteiger partial charge is 0.439 e. The number of halogens is 1. The summed E-state index contributed by atoms with van der Waals surface area (Å²) < 4.78 is 31.5. The maximum Gasteiger partial charge on any atom is 0.287 e. The second-order valence-corrected chi connectivity index (χ2v) is 9.47. The smallest absolute Gasteiger partial charge is 0.287 e. The number of carbonyl (C=O) groups excluding carboxylic acids is 1. The van der Waals surface area contributed by atoms with Crippen LogP contribution in [-0.4, -0.2) is 39.9 Å². The van der Waals surface area contributed by atoms with Crippen molar-refractivity contribution in [3.63, 3.8) is 0 Å². The molecule has 1 aromatic heterocycles. The highest BCUT2D eigenvalue weighted by Crippen LogP contribution is 2.24. The van der Waals surface area contributed by atoms with Crippen molar-refractivity contribution >= 4 is 31.7 Å². The van der Waals surface area contributed by atoms with Gasteiger partial charge in [-0.3, -0.25) is 4.79 Å². The topological polar surface area (TPSA) is 79.6 Å². The molecule has 3 aromatic rings. The Labute approximate surface area is 178 Å². The van der Waals surface area contributed by atoms with Gasteiger partial charge in [-0.05, 0) is 56.1 Å². The van der Waals surface area contributed by atoms with Gasteiger partial charge in [-0.15, -0.1) is 0 Å². The Morgan fingerprint density at radius 3 is 2.31 bits per heavy atom. The van der Waals surface area contributed by atoms with Crippen LogP contribution in [0.25, 0.3) is 0 Å². The molecule has 0 aliphatic rings. The van der Waals surface area contributed by atoms with Crippen LogP contribution >= 0.6 is 15.9 Å². The van der Waals surface area contributed by atoms with E-state index in [2.05, 4.69) is 21.2 Å². The lowest BCUT2D eigenvalue weighted by molar-refractivity contribution is 0.0909. The summed E-state index contributed by atoms with van der Waals surface area (Å²) in [6, 6.07) is 18.7. The fourth-order valence-corrected chi connectivity index (χ4v) is 4.30. The standard InChI is InChI=1S/C21H21BrN2O4S/c1-24(2)18(15-6-4-3-5-7-15)14-23-21(25)19-12-13-20(28-19)29(26,27)17-10-8-16(22)9-11-17/h3-13,18H,14H2,1-2H3,(H,23,25). The first-order valence-electron chi connectivity index (χ1n) is 8.89. The molecule has 152 valence electrons. The van der Waals surface area contributed by atoms with Crippen LogP contribution < -0.4 is 5.32 Å². The first-order chi connectivity index (χ1) is 13.8. The van der Waals surface area contributed by atoms with Gasteiger partial charge in [-0.2, -0.15) is 0 Å². The van der Waals surface area contributed by atoms with Crippen molar-refractivity contribution in [1.82, 2.24) is 10.2 Å². The lowest BCUT2D eigenvalue weighted by atomic mass is 10.1. The second kappa shape index (κ2) is 8.94. The lowest BCUT2D eigenvalue weighted by Gasteiger charge is -2.24. The molecule has 1 unspecified atom stereocenters. The number of carbonyl (C=O) groups is 1. The Balaban J connectivity index is 1.73. The quantitative estimate of drug-likeness (QED) is 0.559. The molecule has 0 aliphatic heterocycles. The third-order valence-corrected chi connectivity index (χ3v) is 6.63. The second-order valence-electron chi connectivity index (χ2n) is 6.68. The molecule has 0 saturated carbocycles. The number of nitrogens with one attached hydrogen (secondary N) is 1. The van der Waals surface area contributed by atoms with Crippen LogP contribution in [-0.2, 0) is 9.84 Å². The van der Waals surface area contributed by atoms with Gasteiger partial charge in [0.1, 0.15) is 0 Å². The molecule has 1 amide bonds. The van der Waals surface area contributed by atoms with E-state index in [1.54, 1.807) is 12.1 Å². The van der Waals surface area contributed by atoms with E-state index in [1.165, 1.54) is 24.3 Å². The summed E-state index contributed by atoms with van der Waals surface area (Å²) in [7, 11) is 0.0285. The van der Waals surface area contributed by atoms with Gasteiger partial charge in [0.05, 0.1) is 10.9 Å². The van der Waals surface area contributed by atoms with Crippen LogP contribution in [0.3, 0.4) is 0 Å². The zero-order valence-electron chi connectivity index (χ0n) is 16.0. The van der Waals surface area contributed by atoms with Crippen LogP contribution in [0, 0.1) is 0 Å². The van der Waals surface area contributed by atoms with Crippen molar-refractivity contribution in [1.29, 1.82) is 0 Å². The number of hydrogen-bond acceptors (Lipinski definition) is 5. The van der Waals surface area contributed by atoms with Crippen molar-refractivity contribution in [2.24, 2.45) is 0 Å². The minimum absolute atomic E-state index is 0.0268. The summed E-state index contributed by atoms with van der Waals surface area (Å²) in [6.07, 6.45) is 0. The van der Waals surface area contributed by atoms with Crippen LogP contribution in [0.4, 0.5) is 0 Å². The zero-order chi connectivity index (χ0) is 21.0. The first kappa shape index (κ1) is 21.3. The fourth-order valence-electron chi connectivity index (χ4n) is 2.87. The van der Waals surface area contributed by atoms with Gasteiger partial charge in [0.15, 0.2) is 5.76 Å². The van der Waals surface area contributed by atoms with E-state index in [4.69, 9.17) is 4.42 Å². The molecular weight excluding hydrogens is 456 g/mol. The predicted octanol–water partition coefficient (Wildman–Crippen LogP) is 3.91. The number of hydrogen-bond donors (Lipinski definition) is 1. The fraction of sp³-hybridized carbons (Fsp3) is 0.190. The van der Waals surface area contributed by atoms with Crippen molar-refractivity contribution in [2.75, 3.05) is 20.6 Å². The number of likely N-dealkylation sites (N-methyl/N-ethyl adjacent to an activating group) is 1. The van der Waals surface area contributed by atoms with E-state index >= 15 is 0 Å². The third kappa shape index (κ3) is 4.95. The van der Waals surface area contributed by atoms with Crippen molar-refractivity contribution < 1.29 is 17.6 Å². The molecule has 29 heavy (non-hydrogen) atoms. The van der Waals surface area contributed by atoms with Crippen molar-refractivity contribution in [3.8, 4) is 0 Å². The Bertz CT molecular complexity index is 1080. The van der Waals surface area contributed by atoms with Crippen molar-refractivity contribution in [2.45, 2.75) is 16.0 Å². The van der Waals surface area contributed by atoms with E-state index in [9.17, 15) is 13.2 Å². The highest BCUT2D eigenvalue weighted by molar-refractivity contribution is 9.10. The molecule has 1 heterocycles. The number of nitrogens with zero attached hydrogens (tertiary/aromatic N) is 1. The first-order valence-corrected chi connectivity index (χ1v) is 11.2. The molecule has 0 spiro atoms. The van der Waals surface area contributed by atoms with Gasteiger partial charge in [0, 0.05) is 11.0 Å². The van der Waals surface area contributed by atoms with Crippen molar-refractivity contribution in [3.05, 3.63) is 82.5 Å². The van der Waals surface area contributed by atoms with Gasteiger partial charge >= 0.3 is 0 Å². The van der Waals surface area contributed by atoms with E-state index in [1.807, 2.05) is 49.3 Å². The summed E-state index contributed by atoms with van der Waals surface area (Å²) in [5.74, 6) is -0.517. The number of benzene rings is 2. The third-order valence-electron chi connectivity index (χ3n) is 4.46. The van der Waals surface area contributed by atoms with Gasteiger partial charge < -0.3 is 14.6 Å². The number of amides is 1. The van der Waals surface area contributed by atoms with E-state index < -0.39 is 15.7 Å². The summed E-state index contributed by atoms with van der Waals surface area (Å²) in [6.45, 7) is 0.353. The van der Waals surface area contributed by atoms with Crippen LogP contribution in [0.5, 0.6) is 0 Å². The molecule has 3 rings (SSSR count). The molecule has 8 heteroatoms. The highest BCUT2D eigenvalue weighted by atomic mass is 79.9. The van der Waals surface area contributed by atoms with Gasteiger partial charge in [-0.1, -0.05) is 46.3 Å². The summed E-state index contributed by atoms with van der Waals surface area (Å²) in [4.78, 5) is 14.6. The molecule has 1 N–H and O–H groups in total. The van der Waals surface area contributed by atoms with Crippen LogP contribution in [0.2, 0.25) is 0 Å². The minimum atomic E-state index is -3.83. The number of rotatable bonds is 7. The minimum Gasteiger partial charge on any atom is -0.439 e. The lowest BCUT2D eigenvalue weighted by Crippen LogP contribution is -2.34. The maximum atomic E-state index is 12.7. The Morgan fingerprint density at radius 1 is 1.03 bits per heavy atom.